The molecule has 1 aliphatic rings. The zero-order valence-corrected chi connectivity index (χ0v) is 16.8. The molecule has 0 atom stereocenters. The highest BCUT2D eigenvalue weighted by Crippen LogP contribution is 2.33. The van der Waals surface area contributed by atoms with Crippen LogP contribution in [0.5, 0.6) is 0 Å². The van der Waals surface area contributed by atoms with Crippen LogP contribution in [0.15, 0.2) is 59.8 Å². The molecule has 1 saturated heterocycles. The van der Waals surface area contributed by atoms with E-state index in [1.54, 1.807) is 30.5 Å². The number of sulfonamides is 1. The highest BCUT2D eigenvalue weighted by molar-refractivity contribution is 7.89. The zero-order chi connectivity index (χ0) is 20.6. The molecular weight excluding hydrogens is 416 g/mol. The third kappa shape index (κ3) is 3.64. The monoisotopic (exact) mass is 432 g/mol. The van der Waals surface area contributed by atoms with Crippen molar-refractivity contribution in [2.75, 3.05) is 31.1 Å². The van der Waals surface area contributed by atoms with Crippen LogP contribution in [0.1, 0.15) is 0 Å². The number of fused-ring (bicyclic) bond motifs is 1. The number of non-ortho nitro benzene ring substituents is 1. The Morgan fingerprint density at radius 1 is 0.966 bits per heavy atom. The van der Waals surface area contributed by atoms with E-state index in [9.17, 15) is 18.5 Å². The minimum absolute atomic E-state index is 0.000743. The summed E-state index contributed by atoms with van der Waals surface area (Å²) in [5.41, 5.74) is 0.831. The Morgan fingerprint density at radius 2 is 1.66 bits per heavy atom. The molecule has 0 amide bonds. The summed E-state index contributed by atoms with van der Waals surface area (Å²) in [6.45, 7) is 1.58. The molecule has 1 aromatic heterocycles. The van der Waals surface area contributed by atoms with Gasteiger partial charge in [-0.3, -0.25) is 15.1 Å². The van der Waals surface area contributed by atoms with Gasteiger partial charge < -0.3 is 4.90 Å². The van der Waals surface area contributed by atoms with Crippen LogP contribution >= 0.6 is 11.6 Å². The van der Waals surface area contributed by atoms with E-state index in [0.29, 0.717) is 36.6 Å². The Kier molecular flexibility index (Phi) is 5.12. The zero-order valence-electron chi connectivity index (χ0n) is 15.2. The smallest absolute Gasteiger partial charge is 0.278 e. The molecule has 1 aliphatic heterocycles. The molecule has 1 fully saturated rings. The number of rotatable bonds is 4. The molecule has 10 heteroatoms. The van der Waals surface area contributed by atoms with Gasteiger partial charge in [0.25, 0.3) is 5.69 Å². The summed E-state index contributed by atoms with van der Waals surface area (Å²) in [7, 11) is -3.60. The molecule has 29 heavy (non-hydrogen) atoms. The van der Waals surface area contributed by atoms with Gasteiger partial charge in [0.2, 0.25) is 10.0 Å². The summed E-state index contributed by atoms with van der Waals surface area (Å²) in [4.78, 5) is 17.1. The SMILES string of the molecule is O=[N+]([O-])c1ccc(N2CCN(S(=O)(=O)c3ccc(Cl)cc3)CC2)c2ccncc12. The van der Waals surface area contributed by atoms with Crippen LogP contribution in [-0.4, -0.2) is 48.8 Å². The quantitative estimate of drug-likeness (QED) is 0.463. The van der Waals surface area contributed by atoms with Gasteiger partial charge in [-0.25, -0.2) is 8.42 Å². The van der Waals surface area contributed by atoms with Gasteiger partial charge in [-0.05, 0) is 36.4 Å². The lowest BCUT2D eigenvalue weighted by Crippen LogP contribution is -2.48. The minimum Gasteiger partial charge on any atom is -0.368 e. The van der Waals surface area contributed by atoms with Crippen molar-refractivity contribution in [1.29, 1.82) is 0 Å². The first kappa shape index (κ1) is 19.6. The summed E-state index contributed by atoms with van der Waals surface area (Å²) in [5.74, 6) is 0. The van der Waals surface area contributed by atoms with E-state index in [1.807, 2.05) is 4.90 Å². The topological polar surface area (TPSA) is 96.6 Å². The van der Waals surface area contributed by atoms with Crippen LogP contribution in [0.4, 0.5) is 11.4 Å². The van der Waals surface area contributed by atoms with Gasteiger partial charge in [0.05, 0.1) is 15.2 Å². The lowest BCUT2D eigenvalue weighted by atomic mass is 10.1. The summed E-state index contributed by atoms with van der Waals surface area (Å²) >= 11 is 5.85. The number of aromatic nitrogens is 1. The standard InChI is InChI=1S/C19H17ClN4O4S/c20-14-1-3-15(4-2-14)29(27,28)23-11-9-22(10-12-23)18-5-6-19(24(25)26)17-13-21-8-7-16(17)18/h1-8,13H,9-12H2. The molecule has 0 radical (unpaired) electrons. The molecular formula is C19H17ClN4O4S. The van der Waals surface area contributed by atoms with E-state index < -0.39 is 14.9 Å². The maximum Gasteiger partial charge on any atom is 0.278 e. The highest BCUT2D eigenvalue weighted by Gasteiger charge is 2.29. The summed E-state index contributed by atoms with van der Waals surface area (Å²) in [6.07, 6.45) is 3.08. The van der Waals surface area contributed by atoms with Gasteiger partial charge in [-0.1, -0.05) is 11.6 Å². The van der Waals surface area contributed by atoms with Crippen molar-refractivity contribution < 1.29 is 13.3 Å². The van der Waals surface area contributed by atoms with E-state index in [0.717, 1.165) is 11.1 Å². The van der Waals surface area contributed by atoms with Gasteiger partial charge in [0.1, 0.15) is 0 Å². The van der Waals surface area contributed by atoms with Crippen LogP contribution < -0.4 is 4.90 Å². The van der Waals surface area contributed by atoms with Crippen molar-refractivity contribution in [3.63, 3.8) is 0 Å². The lowest BCUT2D eigenvalue weighted by molar-refractivity contribution is -0.383. The van der Waals surface area contributed by atoms with Crippen molar-refractivity contribution in [3.8, 4) is 0 Å². The van der Waals surface area contributed by atoms with Crippen molar-refractivity contribution in [3.05, 3.63) is 70.0 Å². The van der Waals surface area contributed by atoms with Crippen molar-refractivity contribution in [1.82, 2.24) is 9.29 Å². The number of benzene rings is 2. The Balaban J connectivity index is 1.58. The number of piperazine rings is 1. The molecule has 0 bridgehead atoms. The number of anilines is 1. The molecule has 8 nitrogen and oxygen atoms in total. The molecule has 0 N–H and O–H groups in total. The summed E-state index contributed by atoms with van der Waals surface area (Å²) in [6, 6.07) is 11.0. The average molecular weight is 433 g/mol. The van der Waals surface area contributed by atoms with Gasteiger partial charge in [0.15, 0.2) is 0 Å². The largest absolute Gasteiger partial charge is 0.368 e. The molecule has 0 spiro atoms. The van der Waals surface area contributed by atoms with Crippen LogP contribution in [0.2, 0.25) is 5.02 Å². The number of nitrogens with zero attached hydrogens (tertiary/aromatic N) is 4. The second-order valence-electron chi connectivity index (χ2n) is 6.63. The Morgan fingerprint density at radius 3 is 2.31 bits per heavy atom. The third-order valence-corrected chi connectivity index (χ3v) is 7.16. The molecule has 0 aliphatic carbocycles. The molecule has 150 valence electrons. The van der Waals surface area contributed by atoms with E-state index in [2.05, 4.69) is 4.98 Å². The van der Waals surface area contributed by atoms with E-state index >= 15 is 0 Å². The van der Waals surface area contributed by atoms with Crippen LogP contribution in [-0.2, 0) is 10.0 Å². The Bertz CT molecular complexity index is 1180. The fourth-order valence-electron chi connectivity index (χ4n) is 3.52. The lowest BCUT2D eigenvalue weighted by Gasteiger charge is -2.35. The number of halogens is 1. The second kappa shape index (κ2) is 7.58. The van der Waals surface area contributed by atoms with Crippen LogP contribution in [0, 0.1) is 10.1 Å². The highest BCUT2D eigenvalue weighted by atomic mass is 35.5. The Hall–Kier alpha value is -2.75. The molecule has 2 heterocycles. The molecule has 4 rings (SSSR count). The van der Waals surface area contributed by atoms with E-state index in [-0.39, 0.29) is 10.6 Å². The molecule has 0 saturated carbocycles. The first-order valence-electron chi connectivity index (χ1n) is 8.90. The van der Waals surface area contributed by atoms with E-state index in [4.69, 9.17) is 11.6 Å². The maximum atomic E-state index is 12.9. The van der Waals surface area contributed by atoms with Crippen molar-refractivity contribution in [2.24, 2.45) is 0 Å². The van der Waals surface area contributed by atoms with Crippen molar-refractivity contribution in [2.45, 2.75) is 4.90 Å². The van der Waals surface area contributed by atoms with Gasteiger partial charge in [-0.2, -0.15) is 4.31 Å². The normalized spacial score (nSPS) is 15.6. The average Bonchev–Trinajstić information content (AvgIpc) is 2.73. The third-order valence-electron chi connectivity index (χ3n) is 5.00. The number of hydrogen-bond acceptors (Lipinski definition) is 6. The number of hydrogen-bond donors (Lipinski definition) is 0. The van der Waals surface area contributed by atoms with Gasteiger partial charge in [0, 0.05) is 60.7 Å². The predicted octanol–water partition coefficient (Wildman–Crippen LogP) is 3.31. The Labute approximate surface area is 172 Å². The fourth-order valence-corrected chi connectivity index (χ4v) is 5.07. The first-order valence-corrected chi connectivity index (χ1v) is 10.7. The fraction of sp³-hybridized carbons (Fsp3) is 0.211. The van der Waals surface area contributed by atoms with Gasteiger partial charge >= 0.3 is 0 Å². The molecule has 2 aromatic carbocycles. The number of pyridine rings is 1. The summed E-state index contributed by atoms with van der Waals surface area (Å²) in [5, 5.41) is 13.0. The predicted molar refractivity (Wildman–Crippen MR) is 111 cm³/mol. The second-order valence-corrected chi connectivity index (χ2v) is 9.00. The van der Waals surface area contributed by atoms with Crippen LogP contribution in [0.3, 0.4) is 0 Å². The molecule has 3 aromatic rings. The minimum atomic E-state index is -3.60. The van der Waals surface area contributed by atoms with Crippen molar-refractivity contribution >= 4 is 43.8 Å². The van der Waals surface area contributed by atoms with Crippen LogP contribution in [0.25, 0.3) is 10.8 Å². The maximum absolute atomic E-state index is 12.9. The first-order chi connectivity index (χ1) is 13.9. The van der Waals surface area contributed by atoms with E-state index in [1.165, 1.54) is 28.7 Å². The number of nitro benzene ring substituents is 1. The molecule has 0 unspecified atom stereocenters. The van der Waals surface area contributed by atoms with Gasteiger partial charge in [-0.15, -0.1) is 0 Å². The summed E-state index contributed by atoms with van der Waals surface area (Å²) < 4.78 is 27.2. The number of nitro groups is 1.